The first-order valence-corrected chi connectivity index (χ1v) is 7.04. The minimum atomic E-state index is -0.322. The van der Waals surface area contributed by atoms with E-state index in [4.69, 9.17) is 5.26 Å². The molecule has 0 fully saturated rings. The number of allylic oxidation sites excluding steroid dienone is 8. The van der Waals surface area contributed by atoms with Crippen LogP contribution in [0.15, 0.2) is 71.9 Å². The van der Waals surface area contributed by atoms with Gasteiger partial charge in [-0.25, -0.2) is 4.79 Å². The van der Waals surface area contributed by atoms with Gasteiger partial charge in [-0.2, -0.15) is 5.26 Å². The van der Waals surface area contributed by atoms with E-state index in [1.54, 1.807) is 12.1 Å². The van der Waals surface area contributed by atoms with Gasteiger partial charge in [-0.3, -0.25) is 0 Å². The Morgan fingerprint density at radius 1 is 1.32 bits per heavy atom. The molecule has 0 aromatic heterocycles. The fourth-order valence-corrected chi connectivity index (χ4v) is 2.08. The largest absolute Gasteiger partial charge is 0.465 e. The Bertz CT molecular complexity index is 698. The quantitative estimate of drug-likeness (QED) is 0.790. The monoisotopic (exact) mass is 291 g/mol. The van der Waals surface area contributed by atoms with Gasteiger partial charge in [0.05, 0.1) is 24.3 Å². The second-order valence-electron chi connectivity index (χ2n) is 4.88. The number of carbonyl (C=O) groups is 1. The van der Waals surface area contributed by atoms with Crippen LogP contribution in [-0.2, 0) is 11.2 Å². The second-order valence-corrected chi connectivity index (χ2v) is 4.88. The SMILES string of the molecule is COC(=O)c1ccc(C/C=C\C2=CC=C(C#N)C=CC2)cc1. The smallest absolute Gasteiger partial charge is 0.337 e. The summed E-state index contributed by atoms with van der Waals surface area (Å²) >= 11 is 0. The summed E-state index contributed by atoms with van der Waals surface area (Å²) in [5, 5.41) is 8.86. The number of hydrogen-bond acceptors (Lipinski definition) is 3. The van der Waals surface area contributed by atoms with Crippen LogP contribution in [0.25, 0.3) is 0 Å². The van der Waals surface area contributed by atoms with Gasteiger partial charge >= 0.3 is 5.97 Å². The van der Waals surface area contributed by atoms with Crippen LogP contribution in [0.1, 0.15) is 22.3 Å². The minimum absolute atomic E-state index is 0.322. The van der Waals surface area contributed by atoms with Crippen molar-refractivity contribution in [2.75, 3.05) is 7.11 Å². The summed E-state index contributed by atoms with van der Waals surface area (Å²) in [6, 6.07) is 9.51. The van der Waals surface area contributed by atoms with E-state index >= 15 is 0 Å². The molecule has 0 radical (unpaired) electrons. The fraction of sp³-hybridized carbons (Fsp3) is 0.158. The molecule has 0 N–H and O–H groups in total. The highest BCUT2D eigenvalue weighted by atomic mass is 16.5. The summed E-state index contributed by atoms with van der Waals surface area (Å²) in [6.45, 7) is 0. The summed E-state index contributed by atoms with van der Waals surface area (Å²) in [6.07, 6.45) is 13.4. The van der Waals surface area contributed by atoms with Gasteiger partial charge in [0.1, 0.15) is 0 Å². The average molecular weight is 291 g/mol. The summed E-state index contributed by atoms with van der Waals surface area (Å²) < 4.78 is 4.67. The highest BCUT2D eigenvalue weighted by molar-refractivity contribution is 5.89. The zero-order valence-electron chi connectivity index (χ0n) is 12.5. The van der Waals surface area contributed by atoms with Crippen LogP contribution in [0.5, 0.6) is 0 Å². The molecule has 1 aliphatic carbocycles. The third kappa shape index (κ3) is 4.32. The second kappa shape index (κ2) is 7.80. The zero-order chi connectivity index (χ0) is 15.8. The maximum absolute atomic E-state index is 11.4. The van der Waals surface area contributed by atoms with Gasteiger partial charge in [0.2, 0.25) is 0 Å². The van der Waals surface area contributed by atoms with Gasteiger partial charge in [0.25, 0.3) is 0 Å². The Labute approximate surface area is 130 Å². The van der Waals surface area contributed by atoms with Crippen LogP contribution in [-0.4, -0.2) is 13.1 Å². The molecular formula is C19H17NO2. The molecule has 0 spiro atoms. The van der Waals surface area contributed by atoms with E-state index in [1.165, 1.54) is 7.11 Å². The average Bonchev–Trinajstić information content (AvgIpc) is 2.80. The minimum Gasteiger partial charge on any atom is -0.465 e. The van der Waals surface area contributed by atoms with Gasteiger partial charge in [0.15, 0.2) is 0 Å². The number of benzene rings is 1. The first kappa shape index (κ1) is 15.5. The normalized spacial score (nSPS) is 14.0. The predicted octanol–water partition coefficient (Wildman–Crippen LogP) is 3.91. The molecule has 1 aliphatic rings. The molecule has 0 atom stereocenters. The molecule has 0 bridgehead atoms. The Morgan fingerprint density at radius 2 is 2.09 bits per heavy atom. The molecule has 1 aromatic rings. The van der Waals surface area contributed by atoms with Crippen LogP contribution in [0.3, 0.4) is 0 Å². The lowest BCUT2D eigenvalue weighted by Crippen LogP contribution is -2.00. The van der Waals surface area contributed by atoms with Crippen molar-refractivity contribution in [2.24, 2.45) is 0 Å². The highest BCUT2D eigenvalue weighted by Gasteiger charge is 2.03. The molecule has 0 unspecified atom stereocenters. The van der Waals surface area contributed by atoms with Gasteiger partial charge in [0, 0.05) is 0 Å². The zero-order valence-corrected chi connectivity index (χ0v) is 12.5. The topological polar surface area (TPSA) is 50.1 Å². The Balaban J connectivity index is 1.97. The molecule has 1 aromatic carbocycles. The van der Waals surface area contributed by atoms with Gasteiger partial charge < -0.3 is 4.74 Å². The Kier molecular flexibility index (Phi) is 5.50. The molecule has 0 heterocycles. The van der Waals surface area contributed by atoms with Crippen LogP contribution >= 0.6 is 0 Å². The molecule has 0 saturated carbocycles. The van der Waals surface area contributed by atoms with Crippen LogP contribution in [0.4, 0.5) is 0 Å². The molecular weight excluding hydrogens is 274 g/mol. The summed E-state index contributed by atoms with van der Waals surface area (Å²) in [4.78, 5) is 11.4. The molecule has 0 saturated heterocycles. The van der Waals surface area contributed by atoms with Gasteiger partial charge in [-0.05, 0) is 48.3 Å². The predicted molar refractivity (Wildman–Crippen MR) is 86.2 cm³/mol. The fourth-order valence-electron chi connectivity index (χ4n) is 2.08. The standard InChI is InChI=1S/C19H17NO2/c1-22-19(21)18-12-10-16(11-13-18)6-2-4-15-5-3-7-17(14-20)9-8-15/h2-4,7-13H,5-6H2,1H3/b4-2-. The van der Waals surface area contributed by atoms with Crippen molar-refractivity contribution in [3.8, 4) is 6.07 Å². The van der Waals surface area contributed by atoms with Crippen molar-refractivity contribution in [3.63, 3.8) is 0 Å². The maximum Gasteiger partial charge on any atom is 0.337 e. The number of rotatable bonds is 4. The van der Waals surface area contributed by atoms with E-state index in [-0.39, 0.29) is 5.97 Å². The van der Waals surface area contributed by atoms with Crippen molar-refractivity contribution in [3.05, 3.63) is 83.0 Å². The van der Waals surface area contributed by atoms with Crippen LogP contribution in [0.2, 0.25) is 0 Å². The Morgan fingerprint density at radius 3 is 2.77 bits per heavy atom. The molecule has 0 aliphatic heterocycles. The molecule has 3 nitrogen and oxygen atoms in total. The van der Waals surface area contributed by atoms with Crippen molar-refractivity contribution >= 4 is 5.97 Å². The first-order chi connectivity index (χ1) is 10.7. The van der Waals surface area contributed by atoms with E-state index in [1.807, 2.05) is 36.4 Å². The van der Waals surface area contributed by atoms with Crippen LogP contribution < -0.4 is 0 Å². The molecule has 110 valence electrons. The van der Waals surface area contributed by atoms with E-state index in [0.717, 1.165) is 24.0 Å². The van der Waals surface area contributed by atoms with Gasteiger partial charge in [-0.15, -0.1) is 0 Å². The molecule has 2 rings (SSSR count). The third-order valence-electron chi connectivity index (χ3n) is 3.32. The molecule has 3 heteroatoms. The first-order valence-electron chi connectivity index (χ1n) is 7.04. The van der Waals surface area contributed by atoms with Gasteiger partial charge in [-0.1, -0.05) is 36.4 Å². The maximum atomic E-state index is 11.4. The van der Waals surface area contributed by atoms with E-state index in [9.17, 15) is 4.79 Å². The number of carbonyl (C=O) groups excluding carboxylic acids is 1. The lowest BCUT2D eigenvalue weighted by Gasteiger charge is -2.01. The van der Waals surface area contributed by atoms with Crippen LogP contribution in [0, 0.1) is 11.3 Å². The summed E-state index contributed by atoms with van der Waals surface area (Å²) in [5.74, 6) is -0.322. The number of esters is 1. The van der Waals surface area contributed by atoms with Crippen molar-refractivity contribution < 1.29 is 9.53 Å². The highest BCUT2D eigenvalue weighted by Crippen LogP contribution is 2.13. The number of nitriles is 1. The molecule has 22 heavy (non-hydrogen) atoms. The number of nitrogens with zero attached hydrogens (tertiary/aromatic N) is 1. The summed E-state index contributed by atoms with van der Waals surface area (Å²) in [7, 11) is 1.38. The Hall–Kier alpha value is -2.86. The lowest BCUT2D eigenvalue weighted by atomic mass is 10.1. The van der Waals surface area contributed by atoms with Crippen molar-refractivity contribution in [1.29, 1.82) is 5.26 Å². The molecule has 0 amide bonds. The summed E-state index contributed by atoms with van der Waals surface area (Å²) in [5.41, 5.74) is 3.51. The van der Waals surface area contributed by atoms with Crippen molar-refractivity contribution in [2.45, 2.75) is 12.8 Å². The van der Waals surface area contributed by atoms with Crippen molar-refractivity contribution in [1.82, 2.24) is 0 Å². The van der Waals surface area contributed by atoms with E-state index < -0.39 is 0 Å². The number of methoxy groups -OCH3 is 1. The third-order valence-corrected chi connectivity index (χ3v) is 3.32. The lowest BCUT2D eigenvalue weighted by molar-refractivity contribution is 0.0600. The van der Waals surface area contributed by atoms with E-state index in [2.05, 4.69) is 23.0 Å². The number of ether oxygens (including phenoxy) is 1. The van der Waals surface area contributed by atoms with E-state index in [0.29, 0.717) is 11.1 Å². The number of hydrogen-bond donors (Lipinski definition) is 0.